The highest BCUT2D eigenvalue weighted by Gasteiger charge is 2.36. The number of aliphatic hydroxyl groups is 2. The fourth-order valence-electron chi connectivity index (χ4n) is 2.40. The normalized spacial score (nSPS) is 17.5. The zero-order valence-electron chi connectivity index (χ0n) is 17.3. The van der Waals surface area contributed by atoms with Crippen LogP contribution in [0.3, 0.4) is 0 Å². The van der Waals surface area contributed by atoms with Crippen molar-refractivity contribution in [3.05, 3.63) is 25.3 Å². The summed E-state index contributed by atoms with van der Waals surface area (Å²) in [7, 11) is 0. The van der Waals surface area contributed by atoms with Crippen molar-refractivity contribution in [2.24, 2.45) is 0 Å². The SMILES string of the molecule is C=CC(=O)OCC(O)COC(CC)C(C)OC(C)(CC)C(O)COC(=O)C=C. The molecule has 0 aliphatic rings. The van der Waals surface area contributed by atoms with Crippen LogP contribution in [0.15, 0.2) is 25.3 Å². The molecule has 2 N–H and O–H groups in total. The monoisotopic (exact) mass is 402 g/mol. The molecule has 0 aromatic carbocycles. The second kappa shape index (κ2) is 13.4. The van der Waals surface area contributed by atoms with Crippen molar-refractivity contribution in [3.63, 3.8) is 0 Å². The smallest absolute Gasteiger partial charge is 0.330 e. The van der Waals surface area contributed by atoms with Crippen molar-refractivity contribution in [1.82, 2.24) is 0 Å². The number of esters is 2. The highest BCUT2D eigenvalue weighted by molar-refractivity contribution is 5.81. The van der Waals surface area contributed by atoms with E-state index < -0.39 is 35.9 Å². The van der Waals surface area contributed by atoms with Crippen LogP contribution in [0, 0.1) is 0 Å². The van der Waals surface area contributed by atoms with Gasteiger partial charge in [0.2, 0.25) is 0 Å². The maximum absolute atomic E-state index is 11.2. The van der Waals surface area contributed by atoms with Gasteiger partial charge in [-0.3, -0.25) is 0 Å². The summed E-state index contributed by atoms with van der Waals surface area (Å²) in [6, 6.07) is 0. The summed E-state index contributed by atoms with van der Waals surface area (Å²) in [4.78, 5) is 22.2. The maximum atomic E-state index is 11.2. The van der Waals surface area contributed by atoms with Gasteiger partial charge in [-0.15, -0.1) is 0 Å². The Kier molecular flexibility index (Phi) is 12.6. The van der Waals surface area contributed by atoms with Crippen LogP contribution in [0.5, 0.6) is 0 Å². The fourth-order valence-corrected chi connectivity index (χ4v) is 2.40. The van der Waals surface area contributed by atoms with Crippen LogP contribution in [-0.4, -0.2) is 72.0 Å². The molecule has 0 heterocycles. The number of ether oxygens (including phenoxy) is 4. The molecule has 0 aromatic heterocycles. The zero-order valence-corrected chi connectivity index (χ0v) is 17.3. The number of carbonyl (C=O) groups excluding carboxylic acids is 2. The minimum Gasteiger partial charge on any atom is -0.460 e. The van der Waals surface area contributed by atoms with E-state index in [2.05, 4.69) is 13.2 Å². The quantitative estimate of drug-likeness (QED) is 0.313. The van der Waals surface area contributed by atoms with Crippen LogP contribution < -0.4 is 0 Å². The molecule has 0 aliphatic carbocycles. The van der Waals surface area contributed by atoms with Crippen LogP contribution in [0.1, 0.15) is 40.5 Å². The minimum absolute atomic E-state index is 0.0427. The summed E-state index contributed by atoms with van der Waals surface area (Å²) < 4.78 is 21.4. The molecular weight excluding hydrogens is 368 g/mol. The Morgan fingerprint density at radius 1 is 1.04 bits per heavy atom. The Balaban J connectivity index is 4.69. The first-order valence-corrected chi connectivity index (χ1v) is 9.37. The van der Waals surface area contributed by atoms with Crippen LogP contribution >= 0.6 is 0 Å². The van der Waals surface area contributed by atoms with E-state index in [9.17, 15) is 19.8 Å². The lowest BCUT2D eigenvalue weighted by atomic mass is 9.95. The third-order valence-electron chi connectivity index (χ3n) is 4.43. The number of aliphatic hydroxyl groups excluding tert-OH is 2. The van der Waals surface area contributed by atoms with Gasteiger partial charge in [0.25, 0.3) is 0 Å². The van der Waals surface area contributed by atoms with E-state index in [0.717, 1.165) is 12.2 Å². The Hall–Kier alpha value is -1.74. The largest absolute Gasteiger partial charge is 0.460 e. The summed E-state index contributed by atoms with van der Waals surface area (Å²) in [6.45, 7) is 13.4. The summed E-state index contributed by atoms with van der Waals surface area (Å²) >= 11 is 0. The van der Waals surface area contributed by atoms with Gasteiger partial charge >= 0.3 is 11.9 Å². The van der Waals surface area contributed by atoms with E-state index in [-0.39, 0.29) is 25.9 Å². The van der Waals surface area contributed by atoms with Crippen LogP contribution in [0.4, 0.5) is 0 Å². The van der Waals surface area contributed by atoms with Crippen LogP contribution in [0.2, 0.25) is 0 Å². The zero-order chi connectivity index (χ0) is 21.7. The highest BCUT2D eigenvalue weighted by atomic mass is 16.6. The lowest BCUT2D eigenvalue weighted by molar-refractivity contribution is -0.192. The van der Waals surface area contributed by atoms with Crippen LogP contribution in [0.25, 0.3) is 0 Å². The third kappa shape index (κ3) is 9.45. The molecule has 0 saturated heterocycles. The van der Waals surface area contributed by atoms with E-state index in [0.29, 0.717) is 12.8 Å². The summed E-state index contributed by atoms with van der Waals surface area (Å²) in [5, 5.41) is 20.3. The first-order chi connectivity index (χ1) is 13.1. The predicted octanol–water partition coefficient (Wildman–Crippen LogP) is 1.54. The molecule has 0 spiro atoms. The van der Waals surface area contributed by atoms with Crippen molar-refractivity contribution in [2.45, 2.75) is 70.6 Å². The Morgan fingerprint density at radius 3 is 2.04 bits per heavy atom. The predicted molar refractivity (Wildman–Crippen MR) is 104 cm³/mol. The molecule has 0 saturated carbocycles. The lowest BCUT2D eigenvalue weighted by Crippen LogP contribution is -2.49. The molecule has 0 aliphatic heterocycles. The van der Waals surface area contributed by atoms with Gasteiger partial charge in [-0.05, 0) is 26.7 Å². The summed E-state index contributed by atoms with van der Waals surface area (Å²) in [5.74, 6) is -1.24. The van der Waals surface area contributed by atoms with Gasteiger partial charge in [0.15, 0.2) is 0 Å². The molecule has 0 aromatic rings. The standard InChI is InChI=1S/C20H34O8/c1-7-16(25-11-15(21)12-26-18(23)8-2)14(5)28-20(6,10-4)17(22)13-27-19(24)9-3/h8-9,14-17,21-22H,2-3,7,10-13H2,1,4-6H3. The molecule has 0 bridgehead atoms. The van der Waals surface area contributed by atoms with E-state index in [1.165, 1.54) is 0 Å². The summed E-state index contributed by atoms with van der Waals surface area (Å²) in [5.41, 5.74) is -0.963. The molecule has 0 amide bonds. The molecule has 162 valence electrons. The molecule has 0 fully saturated rings. The van der Waals surface area contributed by atoms with E-state index >= 15 is 0 Å². The highest BCUT2D eigenvalue weighted by Crippen LogP contribution is 2.25. The molecule has 0 radical (unpaired) electrons. The number of hydrogen-bond acceptors (Lipinski definition) is 8. The van der Waals surface area contributed by atoms with Gasteiger partial charge in [0, 0.05) is 12.2 Å². The third-order valence-corrected chi connectivity index (χ3v) is 4.43. The lowest BCUT2D eigenvalue weighted by Gasteiger charge is -2.38. The van der Waals surface area contributed by atoms with Gasteiger partial charge in [-0.2, -0.15) is 0 Å². The van der Waals surface area contributed by atoms with E-state index in [1.807, 2.05) is 13.8 Å². The molecular formula is C20H34O8. The molecule has 5 unspecified atom stereocenters. The second-order valence-electron chi connectivity index (χ2n) is 6.61. The Labute approximate surface area is 167 Å². The van der Waals surface area contributed by atoms with Crippen molar-refractivity contribution < 1.29 is 38.7 Å². The van der Waals surface area contributed by atoms with Gasteiger partial charge in [0.05, 0.1) is 24.4 Å². The van der Waals surface area contributed by atoms with Crippen molar-refractivity contribution in [2.75, 3.05) is 19.8 Å². The second-order valence-corrected chi connectivity index (χ2v) is 6.61. The average molecular weight is 402 g/mol. The first kappa shape index (κ1) is 26.3. The van der Waals surface area contributed by atoms with E-state index in [4.69, 9.17) is 18.9 Å². The molecule has 5 atom stereocenters. The molecule has 8 heteroatoms. The topological polar surface area (TPSA) is 112 Å². The Bertz CT molecular complexity index is 506. The molecule has 0 rings (SSSR count). The van der Waals surface area contributed by atoms with Gasteiger partial charge < -0.3 is 29.2 Å². The fraction of sp³-hybridized carbons (Fsp3) is 0.700. The number of rotatable bonds is 15. The van der Waals surface area contributed by atoms with Gasteiger partial charge in [0.1, 0.15) is 25.4 Å². The summed E-state index contributed by atoms with van der Waals surface area (Å²) in [6.07, 6.45) is 0.320. The van der Waals surface area contributed by atoms with Gasteiger partial charge in [-0.1, -0.05) is 27.0 Å². The number of carbonyl (C=O) groups is 2. The van der Waals surface area contributed by atoms with E-state index in [1.54, 1.807) is 13.8 Å². The van der Waals surface area contributed by atoms with Crippen molar-refractivity contribution in [1.29, 1.82) is 0 Å². The van der Waals surface area contributed by atoms with Crippen molar-refractivity contribution >= 4 is 11.9 Å². The minimum atomic E-state index is -1.04. The molecule has 28 heavy (non-hydrogen) atoms. The number of hydrogen-bond donors (Lipinski definition) is 2. The maximum Gasteiger partial charge on any atom is 0.330 e. The molecule has 8 nitrogen and oxygen atoms in total. The van der Waals surface area contributed by atoms with Gasteiger partial charge in [-0.25, -0.2) is 9.59 Å². The average Bonchev–Trinajstić information content (AvgIpc) is 2.69. The first-order valence-electron chi connectivity index (χ1n) is 9.37. The Morgan fingerprint density at radius 2 is 1.57 bits per heavy atom. The van der Waals surface area contributed by atoms with Crippen LogP contribution in [-0.2, 0) is 28.5 Å². The van der Waals surface area contributed by atoms with Crippen molar-refractivity contribution in [3.8, 4) is 0 Å².